The van der Waals surface area contributed by atoms with Crippen LogP contribution in [0.2, 0.25) is 5.02 Å². The van der Waals surface area contributed by atoms with Gasteiger partial charge >= 0.3 is 0 Å². The number of halogens is 2. The first kappa shape index (κ1) is 15.9. The van der Waals surface area contributed by atoms with E-state index in [0.29, 0.717) is 18.1 Å². The molecule has 19 heavy (non-hydrogen) atoms. The van der Waals surface area contributed by atoms with Crippen LogP contribution in [0.4, 0.5) is 0 Å². The summed E-state index contributed by atoms with van der Waals surface area (Å²) in [6, 6.07) is 1.95. The number of nitrogens with zero attached hydrogens (tertiary/aromatic N) is 3. The molecule has 0 amide bonds. The maximum Gasteiger partial charge on any atom is 0.194 e. The van der Waals surface area contributed by atoms with E-state index in [1.165, 1.54) is 0 Å². The second-order valence-electron chi connectivity index (χ2n) is 4.30. The molecule has 1 rings (SSSR count). The Morgan fingerprint density at radius 2 is 2.26 bits per heavy atom. The summed E-state index contributed by atoms with van der Waals surface area (Å²) in [6.07, 6.45) is 1.88. The maximum absolute atomic E-state index is 5.98. The van der Waals surface area contributed by atoms with Gasteiger partial charge in [-0.1, -0.05) is 29.8 Å². The van der Waals surface area contributed by atoms with Gasteiger partial charge in [-0.2, -0.15) is 0 Å². The topological polar surface area (TPSA) is 32.6 Å². The molecule has 0 aromatic carbocycles. The SMILES string of the molecule is C=C(Cl)CN=C(NCC)N(C)Cc1cc(Cl)cn1C. The Bertz CT molecular complexity index is 465. The molecular formula is C13H20Cl2N4. The van der Waals surface area contributed by atoms with Crippen molar-refractivity contribution in [2.45, 2.75) is 13.5 Å². The Morgan fingerprint density at radius 3 is 2.74 bits per heavy atom. The van der Waals surface area contributed by atoms with E-state index in [0.717, 1.165) is 23.2 Å². The molecule has 4 nitrogen and oxygen atoms in total. The summed E-state index contributed by atoms with van der Waals surface area (Å²) in [6.45, 7) is 7.58. The molecule has 0 aliphatic carbocycles. The van der Waals surface area contributed by atoms with Gasteiger partial charge in [-0.15, -0.1) is 0 Å². The highest BCUT2D eigenvalue weighted by atomic mass is 35.5. The summed E-state index contributed by atoms with van der Waals surface area (Å²) in [7, 11) is 3.94. The molecule has 0 bridgehead atoms. The van der Waals surface area contributed by atoms with Crippen LogP contribution >= 0.6 is 23.2 Å². The van der Waals surface area contributed by atoms with Crippen molar-refractivity contribution in [3.05, 3.63) is 34.6 Å². The Labute approximate surface area is 124 Å². The van der Waals surface area contributed by atoms with Crippen molar-refractivity contribution in [1.29, 1.82) is 0 Å². The zero-order valence-electron chi connectivity index (χ0n) is 11.6. The smallest absolute Gasteiger partial charge is 0.194 e. The molecule has 0 atom stereocenters. The van der Waals surface area contributed by atoms with Gasteiger partial charge in [-0.25, -0.2) is 4.99 Å². The quantitative estimate of drug-likeness (QED) is 0.670. The van der Waals surface area contributed by atoms with E-state index in [-0.39, 0.29) is 0 Å². The molecular weight excluding hydrogens is 283 g/mol. The minimum absolute atomic E-state index is 0.405. The Morgan fingerprint density at radius 1 is 1.58 bits per heavy atom. The van der Waals surface area contributed by atoms with Crippen LogP contribution < -0.4 is 5.32 Å². The van der Waals surface area contributed by atoms with Gasteiger partial charge in [0.25, 0.3) is 0 Å². The average Bonchev–Trinajstić information content (AvgIpc) is 2.62. The van der Waals surface area contributed by atoms with Crippen molar-refractivity contribution >= 4 is 29.2 Å². The molecule has 6 heteroatoms. The minimum atomic E-state index is 0.405. The molecule has 1 heterocycles. The molecule has 106 valence electrons. The van der Waals surface area contributed by atoms with Crippen LogP contribution in [0, 0.1) is 0 Å². The lowest BCUT2D eigenvalue weighted by Crippen LogP contribution is -2.38. The van der Waals surface area contributed by atoms with E-state index in [1.54, 1.807) is 0 Å². The summed E-state index contributed by atoms with van der Waals surface area (Å²) in [4.78, 5) is 6.43. The van der Waals surface area contributed by atoms with Gasteiger partial charge in [0, 0.05) is 37.6 Å². The Balaban J connectivity index is 2.76. The summed E-state index contributed by atoms with van der Waals surface area (Å²) < 4.78 is 2.00. The number of aliphatic imine (C=N–C) groups is 1. The van der Waals surface area contributed by atoms with Crippen LogP contribution in [0.3, 0.4) is 0 Å². The number of aryl methyl sites for hydroxylation is 1. The molecule has 0 aliphatic rings. The second kappa shape index (κ2) is 7.46. The molecule has 0 aliphatic heterocycles. The van der Waals surface area contributed by atoms with E-state index in [9.17, 15) is 0 Å². The number of hydrogen-bond donors (Lipinski definition) is 1. The molecule has 1 aromatic rings. The highest BCUT2D eigenvalue weighted by Gasteiger charge is 2.09. The fourth-order valence-electron chi connectivity index (χ4n) is 1.67. The fourth-order valence-corrected chi connectivity index (χ4v) is 2.00. The molecule has 0 fully saturated rings. The zero-order valence-corrected chi connectivity index (χ0v) is 13.1. The number of rotatable bonds is 5. The van der Waals surface area contributed by atoms with E-state index in [4.69, 9.17) is 23.2 Å². The second-order valence-corrected chi connectivity index (χ2v) is 5.28. The van der Waals surface area contributed by atoms with Crippen molar-refractivity contribution in [3.8, 4) is 0 Å². The lowest BCUT2D eigenvalue weighted by atomic mass is 10.4. The number of hydrogen-bond acceptors (Lipinski definition) is 1. The van der Waals surface area contributed by atoms with E-state index < -0.39 is 0 Å². The fraction of sp³-hybridized carbons (Fsp3) is 0.462. The highest BCUT2D eigenvalue weighted by molar-refractivity contribution is 6.30. The molecule has 1 aromatic heterocycles. The van der Waals surface area contributed by atoms with Crippen molar-refractivity contribution in [1.82, 2.24) is 14.8 Å². The van der Waals surface area contributed by atoms with Crippen molar-refractivity contribution in [2.24, 2.45) is 12.0 Å². The summed E-state index contributed by atoms with van der Waals surface area (Å²) in [5.74, 6) is 0.793. The number of aromatic nitrogens is 1. The largest absolute Gasteiger partial charge is 0.357 e. The predicted octanol–water partition coefficient (Wildman–Crippen LogP) is 2.83. The monoisotopic (exact) mass is 302 g/mol. The summed E-state index contributed by atoms with van der Waals surface area (Å²) in [5, 5.41) is 4.48. The first-order valence-electron chi connectivity index (χ1n) is 6.07. The van der Waals surface area contributed by atoms with Crippen LogP contribution in [0.5, 0.6) is 0 Å². The summed E-state index contributed by atoms with van der Waals surface area (Å²) >= 11 is 11.7. The van der Waals surface area contributed by atoms with Gasteiger partial charge < -0.3 is 14.8 Å². The van der Waals surface area contributed by atoms with Gasteiger partial charge in [0.15, 0.2) is 5.96 Å². The van der Waals surface area contributed by atoms with Gasteiger partial charge in [-0.05, 0) is 13.0 Å². The minimum Gasteiger partial charge on any atom is -0.357 e. The lowest BCUT2D eigenvalue weighted by Gasteiger charge is -2.22. The van der Waals surface area contributed by atoms with Crippen molar-refractivity contribution in [2.75, 3.05) is 20.1 Å². The summed E-state index contributed by atoms with van der Waals surface area (Å²) in [5.41, 5.74) is 1.11. The van der Waals surface area contributed by atoms with Crippen LogP contribution in [-0.4, -0.2) is 35.6 Å². The van der Waals surface area contributed by atoms with Crippen LogP contribution in [-0.2, 0) is 13.6 Å². The van der Waals surface area contributed by atoms with Crippen molar-refractivity contribution < 1.29 is 0 Å². The van der Waals surface area contributed by atoms with Gasteiger partial charge in [0.2, 0.25) is 0 Å². The Kier molecular flexibility index (Phi) is 6.25. The molecule has 0 spiro atoms. The molecule has 0 saturated carbocycles. The molecule has 0 radical (unpaired) electrons. The van der Waals surface area contributed by atoms with E-state index in [2.05, 4.69) is 16.9 Å². The lowest BCUT2D eigenvalue weighted by molar-refractivity contribution is 0.463. The first-order valence-corrected chi connectivity index (χ1v) is 6.83. The van der Waals surface area contributed by atoms with Crippen LogP contribution in [0.1, 0.15) is 12.6 Å². The standard InChI is InChI=1S/C13H20Cl2N4/c1-5-16-13(17-7-10(2)14)19(4)9-12-6-11(15)8-18(12)3/h6,8H,2,5,7,9H2,1,3-4H3,(H,16,17). The van der Waals surface area contributed by atoms with E-state index in [1.807, 2.05) is 42.7 Å². The first-order chi connectivity index (χ1) is 8.93. The third kappa shape index (κ3) is 5.17. The van der Waals surface area contributed by atoms with Gasteiger partial charge in [0.1, 0.15) is 0 Å². The van der Waals surface area contributed by atoms with Crippen LogP contribution in [0.15, 0.2) is 28.9 Å². The zero-order chi connectivity index (χ0) is 14.4. The third-order valence-corrected chi connectivity index (χ3v) is 2.90. The molecule has 1 N–H and O–H groups in total. The van der Waals surface area contributed by atoms with Gasteiger partial charge in [-0.3, -0.25) is 0 Å². The molecule has 0 saturated heterocycles. The number of nitrogens with one attached hydrogen (secondary N) is 1. The highest BCUT2D eigenvalue weighted by Crippen LogP contribution is 2.14. The van der Waals surface area contributed by atoms with Crippen molar-refractivity contribution in [3.63, 3.8) is 0 Å². The van der Waals surface area contributed by atoms with Crippen LogP contribution in [0.25, 0.3) is 0 Å². The predicted molar refractivity (Wildman–Crippen MR) is 82.9 cm³/mol. The van der Waals surface area contributed by atoms with E-state index >= 15 is 0 Å². The van der Waals surface area contributed by atoms with Gasteiger partial charge in [0.05, 0.1) is 18.1 Å². The Hall–Kier alpha value is -1.13. The maximum atomic E-state index is 5.98. The molecule has 0 unspecified atom stereocenters. The third-order valence-electron chi connectivity index (χ3n) is 2.57. The average molecular weight is 303 g/mol. The normalized spacial score (nSPS) is 11.5. The number of guanidine groups is 1.